The van der Waals surface area contributed by atoms with E-state index < -0.39 is 34.8 Å². The molecule has 11 heteroatoms. The van der Waals surface area contributed by atoms with Crippen LogP contribution in [0, 0.1) is 0 Å². The largest absolute Gasteiger partial charge is 0.445 e. The van der Waals surface area contributed by atoms with Crippen LogP contribution in [-0.4, -0.2) is 42.6 Å². The minimum atomic E-state index is -4.63. The molecule has 6 nitrogen and oxygen atoms in total. The molecule has 2 aliphatic rings. The summed E-state index contributed by atoms with van der Waals surface area (Å²) in [6.45, 7) is 0.676. The number of nitrogens with zero attached hydrogens (tertiary/aromatic N) is 2. The van der Waals surface area contributed by atoms with E-state index in [4.69, 9.17) is 16.3 Å². The number of amides is 2. The van der Waals surface area contributed by atoms with Gasteiger partial charge < -0.3 is 19.9 Å². The van der Waals surface area contributed by atoms with Gasteiger partial charge in [-0.05, 0) is 17.7 Å². The number of alkyl halides is 3. The second-order valence-electron chi connectivity index (χ2n) is 7.03. The summed E-state index contributed by atoms with van der Waals surface area (Å²) in [5, 5.41) is 2.05. The van der Waals surface area contributed by atoms with Gasteiger partial charge in [0.15, 0.2) is 0 Å². The van der Waals surface area contributed by atoms with Crippen LogP contribution in [0.5, 0.6) is 0 Å². The standard InChI is InChI=1S/C20H17ClF3N3O3.Fe/c21-14-9-16-15(8-13(14)20(22,23)24)25-18(28)17-10-26(6-7-27(16)17)19(29)30-11-12-4-2-1-3-5-12;/h1-5,8-9,17H,6-7,10-11H2,(H,25,28);. The van der Waals surface area contributed by atoms with E-state index in [1.165, 1.54) is 11.0 Å². The van der Waals surface area contributed by atoms with Gasteiger partial charge in [-0.1, -0.05) is 41.9 Å². The average Bonchev–Trinajstić information content (AvgIpc) is 2.72. The van der Waals surface area contributed by atoms with Crippen molar-refractivity contribution in [3.63, 3.8) is 0 Å². The summed E-state index contributed by atoms with van der Waals surface area (Å²) in [4.78, 5) is 28.0. The van der Waals surface area contributed by atoms with Crippen molar-refractivity contribution >= 4 is 35.0 Å². The number of rotatable bonds is 2. The number of hydrogen-bond donors (Lipinski definition) is 1. The van der Waals surface area contributed by atoms with Gasteiger partial charge in [-0.25, -0.2) is 4.79 Å². The molecule has 0 bridgehead atoms. The molecule has 2 aromatic rings. The Hall–Kier alpha value is -2.42. The number of benzene rings is 2. The molecule has 1 atom stereocenters. The van der Waals surface area contributed by atoms with Gasteiger partial charge in [0.1, 0.15) is 12.6 Å². The number of piperazine rings is 1. The summed E-state index contributed by atoms with van der Waals surface area (Å²) in [6.07, 6.45) is -5.18. The van der Waals surface area contributed by atoms with Crippen LogP contribution in [0.3, 0.4) is 0 Å². The minimum Gasteiger partial charge on any atom is -0.445 e. The summed E-state index contributed by atoms with van der Waals surface area (Å²) in [5.74, 6) is -0.487. The number of hydrogen-bond acceptors (Lipinski definition) is 4. The van der Waals surface area contributed by atoms with Gasteiger partial charge in [0, 0.05) is 30.2 Å². The molecule has 1 unspecified atom stereocenters. The number of halogens is 4. The molecule has 2 amide bonds. The zero-order chi connectivity index (χ0) is 21.5. The monoisotopic (exact) mass is 495 g/mol. The molecule has 31 heavy (non-hydrogen) atoms. The summed E-state index contributed by atoms with van der Waals surface area (Å²) in [5.41, 5.74) is 0.275. The van der Waals surface area contributed by atoms with Gasteiger partial charge in [-0.15, -0.1) is 0 Å². The summed E-state index contributed by atoms with van der Waals surface area (Å²) in [6, 6.07) is 10.5. The molecular formula is C20H17ClF3FeN3O3. The third kappa shape index (κ3) is 4.76. The summed E-state index contributed by atoms with van der Waals surface area (Å²) < 4.78 is 44.7. The maximum Gasteiger partial charge on any atom is 0.417 e. The third-order valence-corrected chi connectivity index (χ3v) is 5.42. The van der Waals surface area contributed by atoms with E-state index in [-0.39, 0.29) is 49.0 Å². The van der Waals surface area contributed by atoms with E-state index in [2.05, 4.69) is 5.32 Å². The van der Waals surface area contributed by atoms with Gasteiger partial charge in [-0.3, -0.25) is 4.79 Å². The van der Waals surface area contributed by atoms with Crippen LogP contribution < -0.4 is 10.2 Å². The fourth-order valence-corrected chi connectivity index (χ4v) is 3.87. The molecule has 2 heterocycles. The van der Waals surface area contributed by atoms with E-state index in [9.17, 15) is 22.8 Å². The van der Waals surface area contributed by atoms with Crippen LogP contribution in [0.1, 0.15) is 11.1 Å². The molecule has 4 rings (SSSR count). The van der Waals surface area contributed by atoms with Crippen molar-refractivity contribution in [2.24, 2.45) is 0 Å². The first kappa shape index (κ1) is 23.2. The molecule has 0 radical (unpaired) electrons. The predicted molar refractivity (Wildman–Crippen MR) is 104 cm³/mol. The second-order valence-corrected chi connectivity index (χ2v) is 7.44. The van der Waals surface area contributed by atoms with Crippen molar-refractivity contribution < 1.29 is 44.6 Å². The van der Waals surface area contributed by atoms with Gasteiger partial charge in [0.25, 0.3) is 0 Å². The smallest absolute Gasteiger partial charge is 0.417 e. The number of anilines is 2. The third-order valence-electron chi connectivity index (χ3n) is 5.10. The molecule has 1 saturated heterocycles. The quantitative estimate of drug-likeness (QED) is 0.637. The zero-order valence-electron chi connectivity index (χ0n) is 15.9. The van der Waals surface area contributed by atoms with Crippen molar-refractivity contribution in [2.75, 3.05) is 29.9 Å². The van der Waals surface area contributed by atoms with E-state index in [0.29, 0.717) is 5.69 Å². The first-order valence-corrected chi connectivity index (χ1v) is 9.55. The fraction of sp³-hybridized carbons (Fsp3) is 0.300. The molecular weight excluding hydrogens is 479 g/mol. The topological polar surface area (TPSA) is 61.9 Å². The Morgan fingerprint density at radius 3 is 2.58 bits per heavy atom. The van der Waals surface area contributed by atoms with Crippen LogP contribution in [0.4, 0.5) is 29.3 Å². The molecule has 2 aromatic carbocycles. The maximum absolute atomic E-state index is 13.1. The molecule has 1 N–H and O–H groups in total. The van der Waals surface area contributed by atoms with Gasteiger partial charge in [-0.2, -0.15) is 13.2 Å². The molecule has 0 saturated carbocycles. The molecule has 1 fully saturated rings. The normalized spacial score (nSPS) is 17.8. The number of ether oxygens (including phenoxy) is 1. The Morgan fingerprint density at radius 2 is 1.90 bits per heavy atom. The Morgan fingerprint density at radius 1 is 1.19 bits per heavy atom. The van der Waals surface area contributed by atoms with Crippen LogP contribution >= 0.6 is 11.6 Å². The number of fused-ring (bicyclic) bond motifs is 3. The SMILES string of the molecule is O=C1Nc2cc(C(F)(F)F)c(Cl)cc2N2CCN(C(=O)OCc3ccccc3)CC12.[Fe]. The van der Waals surface area contributed by atoms with Crippen molar-refractivity contribution in [1.29, 1.82) is 0 Å². The fourth-order valence-electron chi connectivity index (χ4n) is 3.61. The Kier molecular flexibility index (Phi) is 6.73. The number of carbonyl (C=O) groups is 2. The number of nitrogens with one attached hydrogen (secondary N) is 1. The zero-order valence-corrected chi connectivity index (χ0v) is 17.8. The maximum atomic E-state index is 13.1. The molecule has 166 valence electrons. The number of carbonyl (C=O) groups excluding carboxylic acids is 2. The molecule has 2 aliphatic heterocycles. The van der Waals surface area contributed by atoms with Crippen LogP contribution in [0.25, 0.3) is 0 Å². The predicted octanol–water partition coefficient (Wildman–Crippen LogP) is 4.14. The average molecular weight is 496 g/mol. The van der Waals surface area contributed by atoms with Crippen molar-refractivity contribution in [2.45, 2.75) is 18.8 Å². The summed E-state index contributed by atoms with van der Waals surface area (Å²) in [7, 11) is 0. The Bertz CT molecular complexity index is 991. The second kappa shape index (κ2) is 8.98. The van der Waals surface area contributed by atoms with Crippen LogP contribution in [0.2, 0.25) is 5.02 Å². The van der Waals surface area contributed by atoms with E-state index in [1.54, 1.807) is 4.90 Å². The Balaban J connectivity index is 0.00000272. The van der Waals surface area contributed by atoms with Gasteiger partial charge in [0.2, 0.25) is 5.91 Å². The molecule has 0 spiro atoms. The van der Waals surface area contributed by atoms with Crippen LogP contribution in [-0.2, 0) is 39.4 Å². The van der Waals surface area contributed by atoms with Crippen molar-refractivity contribution in [3.8, 4) is 0 Å². The van der Waals surface area contributed by atoms with E-state index in [1.807, 2.05) is 30.3 Å². The first-order valence-electron chi connectivity index (χ1n) is 9.18. The van der Waals surface area contributed by atoms with E-state index >= 15 is 0 Å². The van der Waals surface area contributed by atoms with E-state index in [0.717, 1.165) is 11.6 Å². The molecule has 0 aliphatic carbocycles. The van der Waals surface area contributed by atoms with Crippen LogP contribution in [0.15, 0.2) is 42.5 Å². The Labute approximate surface area is 191 Å². The van der Waals surface area contributed by atoms with Gasteiger partial charge >= 0.3 is 12.3 Å². The van der Waals surface area contributed by atoms with Gasteiger partial charge in [0.05, 0.1) is 28.5 Å². The van der Waals surface area contributed by atoms with Crippen molar-refractivity contribution in [1.82, 2.24) is 4.90 Å². The molecule has 0 aromatic heterocycles. The van der Waals surface area contributed by atoms with Crippen molar-refractivity contribution in [3.05, 3.63) is 58.6 Å². The summed E-state index contributed by atoms with van der Waals surface area (Å²) >= 11 is 5.85. The minimum absolute atomic E-state index is 0. The first-order chi connectivity index (χ1) is 14.2.